The van der Waals surface area contributed by atoms with E-state index in [0.29, 0.717) is 6.54 Å². The lowest BCUT2D eigenvalue weighted by atomic mass is 10.1. The van der Waals surface area contributed by atoms with Crippen LogP contribution in [0.2, 0.25) is 0 Å². The van der Waals surface area contributed by atoms with Crippen LogP contribution < -0.4 is 0 Å². The molecule has 1 aromatic carbocycles. The van der Waals surface area contributed by atoms with Crippen LogP contribution in [0, 0.1) is 6.92 Å². The van der Waals surface area contributed by atoms with Crippen LogP contribution in [0.15, 0.2) is 47.2 Å². The molecule has 2 heterocycles. The van der Waals surface area contributed by atoms with Gasteiger partial charge in [-0.1, -0.05) is 18.2 Å². The number of hydrogen-bond donors (Lipinski definition) is 1. The predicted octanol–water partition coefficient (Wildman–Crippen LogP) is 3.85. The number of aryl methyl sites for hydroxylation is 1. The molecule has 0 saturated heterocycles. The summed E-state index contributed by atoms with van der Waals surface area (Å²) in [6, 6.07) is 11.6. The van der Waals surface area contributed by atoms with E-state index >= 15 is 0 Å². The van der Waals surface area contributed by atoms with Gasteiger partial charge < -0.3 is 9.67 Å². The van der Waals surface area contributed by atoms with Crippen molar-refractivity contribution < 1.29 is 9.90 Å². The van der Waals surface area contributed by atoms with Gasteiger partial charge in [-0.3, -0.25) is 4.98 Å². The second-order valence-corrected chi connectivity index (χ2v) is 5.74. The van der Waals surface area contributed by atoms with Gasteiger partial charge in [0, 0.05) is 23.8 Å². The van der Waals surface area contributed by atoms with Crippen LogP contribution in [0.25, 0.3) is 10.9 Å². The number of aromatic nitrogens is 2. The Balaban J connectivity index is 2.07. The van der Waals surface area contributed by atoms with Crippen LogP contribution in [-0.4, -0.2) is 20.6 Å². The summed E-state index contributed by atoms with van der Waals surface area (Å²) in [7, 11) is 0. The molecule has 0 radical (unpaired) electrons. The van der Waals surface area contributed by atoms with Gasteiger partial charge in [-0.2, -0.15) is 0 Å². The minimum absolute atomic E-state index is 0.275. The Hall–Kier alpha value is -2.14. The summed E-state index contributed by atoms with van der Waals surface area (Å²) in [6.45, 7) is 2.56. The van der Waals surface area contributed by atoms with E-state index in [1.54, 1.807) is 12.3 Å². The van der Waals surface area contributed by atoms with Gasteiger partial charge in [-0.05, 0) is 46.6 Å². The fourth-order valence-electron chi connectivity index (χ4n) is 2.43. The molecule has 0 fully saturated rings. The number of hydrogen-bond acceptors (Lipinski definition) is 2. The standard InChI is InChI=1S/C16H13BrN2O2/c1-10-6-11(13-4-2-3-5-14(13)18-10)8-19-9-12(16(20)21)7-15(19)17/h2-7,9H,8H2,1H3,(H,20,21). The molecule has 0 unspecified atom stereocenters. The molecule has 0 aliphatic rings. The van der Waals surface area contributed by atoms with E-state index in [1.165, 1.54) is 0 Å². The number of pyridine rings is 1. The molecule has 21 heavy (non-hydrogen) atoms. The van der Waals surface area contributed by atoms with E-state index in [4.69, 9.17) is 5.11 Å². The highest BCUT2D eigenvalue weighted by Crippen LogP contribution is 2.22. The van der Waals surface area contributed by atoms with Crippen LogP contribution in [0.3, 0.4) is 0 Å². The summed E-state index contributed by atoms with van der Waals surface area (Å²) in [6.07, 6.45) is 1.64. The van der Waals surface area contributed by atoms with Crippen molar-refractivity contribution in [3.63, 3.8) is 0 Å². The quantitative estimate of drug-likeness (QED) is 0.784. The maximum atomic E-state index is 11.0. The van der Waals surface area contributed by atoms with Gasteiger partial charge in [-0.15, -0.1) is 0 Å². The molecule has 3 rings (SSSR count). The van der Waals surface area contributed by atoms with Crippen molar-refractivity contribution in [3.8, 4) is 0 Å². The van der Waals surface area contributed by atoms with E-state index in [2.05, 4.69) is 20.9 Å². The number of halogens is 1. The van der Waals surface area contributed by atoms with E-state index < -0.39 is 5.97 Å². The maximum absolute atomic E-state index is 11.0. The van der Waals surface area contributed by atoms with Crippen molar-refractivity contribution >= 4 is 32.8 Å². The van der Waals surface area contributed by atoms with Gasteiger partial charge in [0.05, 0.1) is 15.7 Å². The van der Waals surface area contributed by atoms with Crippen LogP contribution in [0.4, 0.5) is 0 Å². The van der Waals surface area contributed by atoms with E-state index in [9.17, 15) is 4.79 Å². The number of fused-ring (bicyclic) bond motifs is 1. The number of aromatic carboxylic acids is 1. The summed E-state index contributed by atoms with van der Waals surface area (Å²) in [5, 5.41) is 10.1. The number of carboxylic acid groups (broad SMARTS) is 1. The van der Waals surface area contributed by atoms with Crippen molar-refractivity contribution in [2.75, 3.05) is 0 Å². The number of para-hydroxylation sites is 1. The summed E-state index contributed by atoms with van der Waals surface area (Å²) in [5.41, 5.74) is 3.29. The normalized spacial score (nSPS) is 11.0. The highest BCUT2D eigenvalue weighted by Gasteiger charge is 2.11. The van der Waals surface area contributed by atoms with Gasteiger partial charge in [-0.25, -0.2) is 4.79 Å². The molecule has 3 aromatic rings. The van der Waals surface area contributed by atoms with Crippen LogP contribution in [-0.2, 0) is 6.54 Å². The predicted molar refractivity (Wildman–Crippen MR) is 84.7 cm³/mol. The van der Waals surface area contributed by atoms with Crippen LogP contribution in [0.1, 0.15) is 21.6 Å². The lowest BCUT2D eigenvalue weighted by Gasteiger charge is -2.10. The first kappa shape index (κ1) is 13.8. The van der Waals surface area contributed by atoms with Gasteiger partial charge in [0.15, 0.2) is 0 Å². The van der Waals surface area contributed by atoms with Gasteiger partial charge in [0.1, 0.15) is 0 Å². The average molecular weight is 345 g/mol. The second-order valence-electron chi connectivity index (χ2n) is 4.92. The maximum Gasteiger partial charge on any atom is 0.337 e. The highest BCUT2D eigenvalue weighted by atomic mass is 79.9. The summed E-state index contributed by atoms with van der Waals surface area (Å²) < 4.78 is 2.63. The molecule has 0 aliphatic heterocycles. The Morgan fingerprint density at radius 2 is 2.10 bits per heavy atom. The molecule has 0 saturated carbocycles. The smallest absolute Gasteiger partial charge is 0.337 e. The molecule has 0 aliphatic carbocycles. The summed E-state index contributed by atoms with van der Waals surface area (Å²) in [4.78, 5) is 15.6. The third kappa shape index (κ3) is 2.69. The Bertz CT molecular complexity index is 839. The fourth-order valence-corrected chi connectivity index (χ4v) is 2.90. The van der Waals surface area contributed by atoms with Crippen LogP contribution >= 0.6 is 15.9 Å². The molecule has 2 aromatic heterocycles. The zero-order valence-electron chi connectivity index (χ0n) is 11.4. The highest BCUT2D eigenvalue weighted by molar-refractivity contribution is 9.10. The van der Waals surface area contributed by atoms with E-state index in [1.807, 2.05) is 41.8 Å². The Morgan fingerprint density at radius 3 is 2.81 bits per heavy atom. The van der Waals surface area contributed by atoms with Crippen molar-refractivity contribution in [1.82, 2.24) is 9.55 Å². The number of nitrogens with zero attached hydrogens (tertiary/aromatic N) is 2. The topological polar surface area (TPSA) is 55.1 Å². The molecule has 0 atom stereocenters. The first-order valence-electron chi connectivity index (χ1n) is 6.49. The molecule has 0 amide bonds. The Kier molecular flexibility index (Phi) is 3.51. The van der Waals surface area contributed by atoms with E-state index in [0.717, 1.165) is 26.8 Å². The van der Waals surface area contributed by atoms with Gasteiger partial charge >= 0.3 is 5.97 Å². The number of carboxylic acids is 1. The number of carbonyl (C=O) groups is 1. The van der Waals surface area contributed by atoms with Crippen LogP contribution in [0.5, 0.6) is 0 Å². The summed E-state index contributed by atoms with van der Waals surface area (Å²) in [5.74, 6) is -0.926. The average Bonchev–Trinajstić information content (AvgIpc) is 2.80. The molecule has 0 spiro atoms. The van der Waals surface area contributed by atoms with Crippen molar-refractivity contribution in [1.29, 1.82) is 0 Å². The monoisotopic (exact) mass is 344 g/mol. The van der Waals surface area contributed by atoms with Crippen molar-refractivity contribution in [2.24, 2.45) is 0 Å². The first-order valence-corrected chi connectivity index (χ1v) is 7.28. The molecule has 5 heteroatoms. The van der Waals surface area contributed by atoms with Gasteiger partial charge in [0.25, 0.3) is 0 Å². The fraction of sp³-hybridized carbons (Fsp3) is 0.125. The third-order valence-corrected chi connectivity index (χ3v) is 4.05. The molecule has 0 bridgehead atoms. The number of benzene rings is 1. The van der Waals surface area contributed by atoms with E-state index in [-0.39, 0.29) is 5.56 Å². The molecular formula is C16H13BrN2O2. The van der Waals surface area contributed by atoms with Crippen molar-refractivity contribution in [3.05, 3.63) is 64.0 Å². The lowest BCUT2D eigenvalue weighted by molar-refractivity contribution is 0.0697. The summed E-state index contributed by atoms with van der Waals surface area (Å²) >= 11 is 3.41. The molecule has 1 N–H and O–H groups in total. The minimum atomic E-state index is -0.926. The van der Waals surface area contributed by atoms with Gasteiger partial charge in [0.2, 0.25) is 0 Å². The zero-order chi connectivity index (χ0) is 15.0. The third-order valence-electron chi connectivity index (χ3n) is 3.36. The first-order chi connectivity index (χ1) is 10.0. The molecule has 4 nitrogen and oxygen atoms in total. The molecule has 106 valence electrons. The SMILES string of the molecule is Cc1cc(Cn2cc(C(=O)O)cc2Br)c2ccccc2n1. The Morgan fingerprint density at radius 1 is 1.33 bits per heavy atom. The largest absolute Gasteiger partial charge is 0.478 e. The minimum Gasteiger partial charge on any atom is -0.478 e. The molecular weight excluding hydrogens is 332 g/mol. The van der Waals surface area contributed by atoms with Crippen molar-refractivity contribution in [2.45, 2.75) is 13.5 Å². The second kappa shape index (κ2) is 5.33. The number of rotatable bonds is 3. The lowest BCUT2D eigenvalue weighted by Crippen LogP contribution is -2.01. The Labute approximate surface area is 130 Å². The zero-order valence-corrected chi connectivity index (χ0v) is 13.0.